The summed E-state index contributed by atoms with van der Waals surface area (Å²) in [6, 6.07) is 22.3. The Morgan fingerprint density at radius 1 is 0.971 bits per heavy atom. The fourth-order valence-electron chi connectivity index (χ4n) is 4.49. The monoisotopic (exact) mass is 454 g/mol. The minimum atomic E-state index is 0.308. The van der Waals surface area contributed by atoms with Gasteiger partial charge in [0, 0.05) is 29.6 Å². The summed E-state index contributed by atoms with van der Waals surface area (Å²) >= 11 is 0. The van der Waals surface area contributed by atoms with Gasteiger partial charge < -0.3 is 20.7 Å². The SMILES string of the molecule is CCN(CCCCc1ccc(O)cc1)C(N)=Nc1c(-c2cc(C)cc(C)c2)[nH]c2ccccc12. The molecule has 5 heteroatoms. The van der Waals surface area contributed by atoms with Crippen LogP contribution in [0.1, 0.15) is 36.5 Å². The summed E-state index contributed by atoms with van der Waals surface area (Å²) in [4.78, 5) is 10.7. The normalized spacial score (nSPS) is 11.8. The molecule has 0 bridgehead atoms. The number of aromatic nitrogens is 1. The van der Waals surface area contributed by atoms with E-state index in [0.29, 0.717) is 11.7 Å². The van der Waals surface area contributed by atoms with E-state index in [1.54, 1.807) is 12.1 Å². The molecule has 0 saturated carbocycles. The third kappa shape index (κ3) is 5.42. The smallest absolute Gasteiger partial charge is 0.196 e. The largest absolute Gasteiger partial charge is 0.508 e. The number of nitrogens with two attached hydrogens (primary N) is 1. The first kappa shape index (κ1) is 23.4. The summed E-state index contributed by atoms with van der Waals surface area (Å²) in [7, 11) is 0. The Morgan fingerprint density at radius 3 is 2.38 bits per heavy atom. The van der Waals surface area contributed by atoms with Crippen molar-refractivity contribution in [3.05, 3.63) is 83.4 Å². The van der Waals surface area contributed by atoms with Crippen LogP contribution in [0.25, 0.3) is 22.2 Å². The third-order valence-electron chi connectivity index (χ3n) is 6.20. The van der Waals surface area contributed by atoms with Gasteiger partial charge in [0.2, 0.25) is 0 Å². The van der Waals surface area contributed by atoms with Gasteiger partial charge >= 0.3 is 0 Å². The van der Waals surface area contributed by atoms with Crippen LogP contribution in [0.5, 0.6) is 5.75 Å². The average Bonchev–Trinajstić information content (AvgIpc) is 3.18. The van der Waals surface area contributed by atoms with Gasteiger partial charge in [0.25, 0.3) is 0 Å². The number of phenols is 1. The molecule has 0 radical (unpaired) electrons. The molecular weight excluding hydrogens is 420 g/mol. The number of unbranched alkanes of at least 4 members (excludes halogenated alkanes) is 1. The highest BCUT2D eigenvalue weighted by molar-refractivity contribution is 6.02. The fourth-order valence-corrected chi connectivity index (χ4v) is 4.49. The van der Waals surface area contributed by atoms with Crippen molar-refractivity contribution in [2.24, 2.45) is 10.7 Å². The van der Waals surface area contributed by atoms with Crippen molar-refractivity contribution in [3.63, 3.8) is 0 Å². The second kappa shape index (κ2) is 10.5. The van der Waals surface area contributed by atoms with E-state index in [2.05, 4.69) is 61.0 Å². The number of aromatic hydroxyl groups is 1. The van der Waals surface area contributed by atoms with Crippen molar-refractivity contribution in [3.8, 4) is 17.0 Å². The van der Waals surface area contributed by atoms with E-state index < -0.39 is 0 Å². The molecule has 0 fully saturated rings. The molecule has 0 aliphatic rings. The maximum atomic E-state index is 9.45. The number of phenolic OH excluding ortho intramolecular Hbond substituents is 1. The Hall–Kier alpha value is -3.73. The second-order valence-electron chi connectivity index (χ2n) is 8.94. The molecule has 4 aromatic rings. The number of rotatable bonds is 8. The molecule has 1 heterocycles. The number of fused-ring (bicyclic) bond motifs is 1. The van der Waals surface area contributed by atoms with Crippen LogP contribution in [0, 0.1) is 13.8 Å². The first-order valence-corrected chi connectivity index (χ1v) is 12.0. The number of aromatic amines is 1. The zero-order chi connectivity index (χ0) is 24.1. The molecule has 0 atom stereocenters. The minimum absolute atomic E-state index is 0.308. The van der Waals surface area contributed by atoms with Crippen molar-refractivity contribution >= 4 is 22.5 Å². The van der Waals surface area contributed by atoms with Crippen molar-refractivity contribution in [2.45, 2.75) is 40.0 Å². The first-order valence-electron chi connectivity index (χ1n) is 12.0. The Balaban J connectivity index is 1.55. The molecular formula is C29H34N4O. The molecule has 34 heavy (non-hydrogen) atoms. The molecule has 4 rings (SSSR count). The van der Waals surface area contributed by atoms with Gasteiger partial charge in [0.1, 0.15) is 11.4 Å². The van der Waals surface area contributed by atoms with Crippen LogP contribution in [0.4, 0.5) is 5.69 Å². The first-order chi connectivity index (χ1) is 16.4. The molecule has 3 aromatic carbocycles. The topological polar surface area (TPSA) is 77.6 Å². The van der Waals surface area contributed by atoms with Crippen LogP contribution in [-0.4, -0.2) is 34.0 Å². The highest BCUT2D eigenvalue weighted by Crippen LogP contribution is 2.38. The van der Waals surface area contributed by atoms with Crippen LogP contribution in [0.15, 0.2) is 71.7 Å². The van der Waals surface area contributed by atoms with E-state index in [1.807, 2.05) is 24.3 Å². The second-order valence-corrected chi connectivity index (χ2v) is 8.94. The van der Waals surface area contributed by atoms with Gasteiger partial charge in [-0.2, -0.15) is 0 Å². The van der Waals surface area contributed by atoms with Crippen LogP contribution in [0.2, 0.25) is 0 Å². The minimum Gasteiger partial charge on any atom is -0.508 e. The summed E-state index contributed by atoms with van der Waals surface area (Å²) in [6.45, 7) is 8.00. The standard InChI is InChI=1S/C29H34N4O/c1-4-33(16-8-7-9-22-12-14-24(34)15-13-22)29(30)32-28-25-10-5-6-11-26(25)31-27(28)23-18-20(2)17-21(3)19-23/h5-6,10-15,17-19,31,34H,4,7-9,16H2,1-3H3,(H2,30,32). The highest BCUT2D eigenvalue weighted by Gasteiger charge is 2.15. The molecule has 1 aromatic heterocycles. The number of hydrogen-bond donors (Lipinski definition) is 3. The molecule has 0 amide bonds. The van der Waals surface area contributed by atoms with E-state index in [0.717, 1.165) is 60.2 Å². The Labute approximate surface area is 202 Å². The predicted molar refractivity (Wildman–Crippen MR) is 143 cm³/mol. The zero-order valence-electron chi connectivity index (χ0n) is 20.3. The lowest BCUT2D eigenvalue weighted by Gasteiger charge is -2.22. The van der Waals surface area contributed by atoms with E-state index in [1.165, 1.54) is 16.7 Å². The number of aryl methyl sites for hydroxylation is 3. The summed E-state index contributed by atoms with van der Waals surface area (Å²) in [5.41, 5.74) is 14.3. The molecule has 4 N–H and O–H groups in total. The maximum absolute atomic E-state index is 9.45. The van der Waals surface area contributed by atoms with Crippen LogP contribution in [0.3, 0.4) is 0 Å². The molecule has 0 aliphatic heterocycles. The average molecular weight is 455 g/mol. The maximum Gasteiger partial charge on any atom is 0.196 e. The lowest BCUT2D eigenvalue weighted by molar-refractivity contribution is 0.420. The Morgan fingerprint density at radius 2 is 1.68 bits per heavy atom. The number of aliphatic imine (C=N–C) groups is 1. The number of hydrogen-bond acceptors (Lipinski definition) is 2. The number of para-hydroxylation sites is 1. The van der Waals surface area contributed by atoms with Crippen molar-refractivity contribution in [2.75, 3.05) is 13.1 Å². The molecule has 176 valence electrons. The lowest BCUT2D eigenvalue weighted by Crippen LogP contribution is -2.37. The van der Waals surface area contributed by atoms with Gasteiger partial charge in [0.05, 0.1) is 5.69 Å². The Bertz CT molecular complexity index is 1270. The molecule has 0 unspecified atom stereocenters. The molecule has 0 aliphatic carbocycles. The molecule has 0 saturated heterocycles. The van der Waals surface area contributed by atoms with Crippen molar-refractivity contribution < 1.29 is 5.11 Å². The van der Waals surface area contributed by atoms with Crippen LogP contribution < -0.4 is 5.73 Å². The molecule has 5 nitrogen and oxygen atoms in total. The Kier molecular flexibility index (Phi) is 7.21. The van der Waals surface area contributed by atoms with Gasteiger partial charge in [-0.1, -0.05) is 47.5 Å². The van der Waals surface area contributed by atoms with Gasteiger partial charge in [-0.25, -0.2) is 4.99 Å². The van der Waals surface area contributed by atoms with Gasteiger partial charge in [-0.05, 0) is 75.9 Å². The summed E-state index contributed by atoms with van der Waals surface area (Å²) in [6.07, 6.45) is 3.05. The van der Waals surface area contributed by atoms with Crippen LogP contribution >= 0.6 is 0 Å². The zero-order valence-corrected chi connectivity index (χ0v) is 20.3. The van der Waals surface area contributed by atoms with Crippen LogP contribution in [-0.2, 0) is 6.42 Å². The number of nitrogens with one attached hydrogen (secondary N) is 1. The van der Waals surface area contributed by atoms with Gasteiger partial charge in [-0.15, -0.1) is 0 Å². The van der Waals surface area contributed by atoms with E-state index >= 15 is 0 Å². The van der Waals surface area contributed by atoms with E-state index in [4.69, 9.17) is 10.7 Å². The van der Waals surface area contributed by atoms with E-state index in [9.17, 15) is 5.11 Å². The van der Waals surface area contributed by atoms with Gasteiger partial charge in [-0.3, -0.25) is 0 Å². The lowest BCUT2D eigenvalue weighted by atomic mass is 10.0. The highest BCUT2D eigenvalue weighted by atomic mass is 16.3. The third-order valence-corrected chi connectivity index (χ3v) is 6.20. The molecule has 0 spiro atoms. The number of guanidine groups is 1. The quantitative estimate of drug-likeness (QED) is 0.163. The summed E-state index contributed by atoms with van der Waals surface area (Å²) in [5, 5.41) is 10.5. The fraction of sp³-hybridized carbons (Fsp3) is 0.276. The summed E-state index contributed by atoms with van der Waals surface area (Å²) < 4.78 is 0. The van der Waals surface area contributed by atoms with Crippen molar-refractivity contribution in [1.29, 1.82) is 0 Å². The van der Waals surface area contributed by atoms with Crippen molar-refractivity contribution in [1.82, 2.24) is 9.88 Å². The number of nitrogens with zero attached hydrogens (tertiary/aromatic N) is 2. The van der Waals surface area contributed by atoms with E-state index in [-0.39, 0.29) is 0 Å². The van der Waals surface area contributed by atoms with Gasteiger partial charge in [0.15, 0.2) is 5.96 Å². The summed E-state index contributed by atoms with van der Waals surface area (Å²) in [5.74, 6) is 0.852. The number of H-pyrrole nitrogens is 1. The number of benzene rings is 3. The predicted octanol–water partition coefficient (Wildman–Crippen LogP) is 6.45.